The van der Waals surface area contributed by atoms with Crippen LogP contribution >= 0.6 is 0 Å². The summed E-state index contributed by atoms with van der Waals surface area (Å²) in [5, 5.41) is 5.81. The summed E-state index contributed by atoms with van der Waals surface area (Å²) in [6, 6.07) is 10.7. The molecule has 30 heavy (non-hydrogen) atoms. The monoisotopic (exact) mass is 408 g/mol. The van der Waals surface area contributed by atoms with E-state index in [9.17, 15) is 14.4 Å². The number of hydrogen-bond acceptors (Lipinski definition) is 4. The van der Waals surface area contributed by atoms with Gasteiger partial charge < -0.3 is 15.5 Å². The van der Waals surface area contributed by atoms with E-state index in [1.54, 1.807) is 29.4 Å². The summed E-state index contributed by atoms with van der Waals surface area (Å²) in [5.74, 6) is -0.442. The van der Waals surface area contributed by atoms with Gasteiger partial charge in [-0.3, -0.25) is 19.4 Å². The number of aryl methyl sites for hydroxylation is 1. The van der Waals surface area contributed by atoms with Gasteiger partial charge in [0.15, 0.2) is 0 Å². The standard InChI is InChI=1S/C23H28N4O3/c1-16-3-5-18(6-4-16)15-21(25-17(2)28)22(29)26-20-9-13-27(14-10-20)23(30)19-7-11-24-12-8-19/h3-8,11-12,20-21H,9-10,13-15H2,1-2H3,(H,25,28)(H,26,29). The van der Waals surface area contributed by atoms with E-state index in [2.05, 4.69) is 15.6 Å². The van der Waals surface area contributed by atoms with Crippen LogP contribution in [0.2, 0.25) is 0 Å². The lowest BCUT2D eigenvalue weighted by molar-refractivity contribution is -0.128. The van der Waals surface area contributed by atoms with E-state index < -0.39 is 6.04 Å². The Morgan fingerprint density at radius 1 is 1.07 bits per heavy atom. The number of rotatable bonds is 6. The van der Waals surface area contributed by atoms with Gasteiger partial charge in [-0.15, -0.1) is 0 Å². The van der Waals surface area contributed by atoms with Crippen LogP contribution in [0, 0.1) is 6.92 Å². The third-order valence-corrected chi connectivity index (χ3v) is 5.31. The molecule has 2 heterocycles. The topological polar surface area (TPSA) is 91.4 Å². The Hall–Kier alpha value is -3.22. The zero-order valence-corrected chi connectivity index (χ0v) is 17.4. The molecule has 0 spiro atoms. The molecular weight excluding hydrogens is 380 g/mol. The number of benzene rings is 1. The van der Waals surface area contributed by atoms with Crippen LogP contribution in [0.1, 0.15) is 41.3 Å². The largest absolute Gasteiger partial charge is 0.351 e. The molecule has 7 heteroatoms. The molecule has 1 aromatic carbocycles. The molecule has 1 atom stereocenters. The van der Waals surface area contributed by atoms with Crippen molar-refractivity contribution in [1.82, 2.24) is 20.5 Å². The summed E-state index contributed by atoms with van der Waals surface area (Å²) in [6.45, 7) is 4.58. The maximum atomic E-state index is 12.8. The molecule has 0 bridgehead atoms. The minimum atomic E-state index is -0.623. The number of aromatic nitrogens is 1. The summed E-state index contributed by atoms with van der Waals surface area (Å²) in [6.07, 6.45) is 5.01. The van der Waals surface area contributed by atoms with Crippen LogP contribution < -0.4 is 10.6 Å². The number of carbonyl (C=O) groups is 3. The first-order chi connectivity index (χ1) is 14.4. The van der Waals surface area contributed by atoms with Crippen LogP contribution in [0.3, 0.4) is 0 Å². The molecule has 1 aromatic heterocycles. The van der Waals surface area contributed by atoms with E-state index in [1.165, 1.54) is 6.92 Å². The number of nitrogens with zero attached hydrogens (tertiary/aromatic N) is 2. The van der Waals surface area contributed by atoms with E-state index in [1.807, 2.05) is 31.2 Å². The highest BCUT2D eigenvalue weighted by molar-refractivity contribution is 5.94. The Balaban J connectivity index is 1.55. The zero-order chi connectivity index (χ0) is 21.5. The molecule has 7 nitrogen and oxygen atoms in total. The van der Waals surface area contributed by atoms with E-state index in [0.717, 1.165) is 11.1 Å². The predicted octanol–water partition coefficient (Wildman–Crippen LogP) is 1.86. The second-order valence-corrected chi connectivity index (χ2v) is 7.75. The molecule has 1 saturated heterocycles. The molecule has 2 aromatic rings. The van der Waals surface area contributed by atoms with Crippen molar-refractivity contribution < 1.29 is 14.4 Å². The van der Waals surface area contributed by atoms with Crippen molar-refractivity contribution >= 4 is 17.7 Å². The van der Waals surface area contributed by atoms with Gasteiger partial charge in [-0.05, 0) is 37.5 Å². The summed E-state index contributed by atoms with van der Waals surface area (Å²) >= 11 is 0. The SMILES string of the molecule is CC(=O)NC(Cc1ccc(C)cc1)C(=O)NC1CCN(C(=O)c2ccncc2)CC1. The van der Waals surface area contributed by atoms with Crippen LogP contribution in [0.25, 0.3) is 0 Å². The lowest BCUT2D eigenvalue weighted by Gasteiger charge is -2.33. The van der Waals surface area contributed by atoms with Gasteiger partial charge in [0.05, 0.1) is 0 Å². The Morgan fingerprint density at radius 2 is 1.70 bits per heavy atom. The van der Waals surface area contributed by atoms with Crippen LogP contribution in [0.5, 0.6) is 0 Å². The molecule has 0 aliphatic carbocycles. The van der Waals surface area contributed by atoms with Gasteiger partial charge >= 0.3 is 0 Å². The fourth-order valence-corrected chi connectivity index (χ4v) is 3.62. The molecule has 2 N–H and O–H groups in total. The number of piperidine rings is 1. The molecule has 0 radical (unpaired) electrons. The van der Waals surface area contributed by atoms with Crippen molar-refractivity contribution in [3.05, 3.63) is 65.5 Å². The maximum absolute atomic E-state index is 12.8. The number of pyridine rings is 1. The van der Waals surface area contributed by atoms with Crippen molar-refractivity contribution in [2.75, 3.05) is 13.1 Å². The van der Waals surface area contributed by atoms with Gasteiger partial charge in [-0.1, -0.05) is 29.8 Å². The molecule has 1 aliphatic rings. The third-order valence-electron chi connectivity index (χ3n) is 5.31. The van der Waals surface area contributed by atoms with Crippen LogP contribution in [0.15, 0.2) is 48.8 Å². The van der Waals surface area contributed by atoms with Gasteiger partial charge in [0, 0.05) is 50.4 Å². The summed E-state index contributed by atoms with van der Waals surface area (Å²) in [4.78, 5) is 42.7. The predicted molar refractivity (Wildman–Crippen MR) is 114 cm³/mol. The first-order valence-electron chi connectivity index (χ1n) is 10.2. The molecule has 1 fully saturated rings. The minimum absolute atomic E-state index is 0.0160. The minimum Gasteiger partial charge on any atom is -0.351 e. The summed E-state index contributed by atoms with van der Waals surface area (Å²) < 4.78 is 0. The van der Waals surface area contributed by atoms with Crippen molar-refractivity contribution in [3.63, 3.8) is 0 Å². The Kier molecular flexibility index (Phi) is 7.17. The fourth-order valence-electron chi connectivity index (χ4n) is 3.62. The van der Waals surface area contributed by atoms with Gasteiger partial charge in [0.25, 0.3) is 5.91 Å². The first kappa shape index (κ1) is 21.5. The number of likely N-dealkylation sites (tertiary alicyclic amines) is 1. The Bertz CT molecular complexity index is 875. The van der Waals surface area contributed by atoms with E-state index in [4.69, 9.17) is 0 Å². The number of nitrogens with one attached hydrogen (secondary N) is 2. The lowest BCUT2D eigenvalue weighted by atomic mass is 10.0. The maximum Gasteiger partial charge on any atom is 0.253 e. The second-order valence-electron chi connectivity index (χ2n) is 7.75. The molecule has 1 unspecified atom stereocenters. The van der Waals surface area contributed by atoms with Crippen molar-refractivity contribution in [1.29, 1.82) is 0 Å². The van der Waals surface area contributed by atoms with E-state index in [-0.39, 0.29) is 23.8 Å². The van der Waals surface area contributed by atoms with Crippen LogP contribution in [-0.4, -0.2) is 52.8 Å². The van der Waals surface area contributed by atoms with Gasteiger partial charge in [0.2, 0.25) is 11.8 Å². The third kappa shape index (κ3) is 5.89. The normalized spacial score (nSPS) is 15.3. The summed E-state index contributed by atoms with van der Waals surface area (Å²) in [7, 11) is 0. The average molecular weight is 409 g/mol. The lowest BCUT2D eigenvalue weighted by Crippen LogP contribution is -2.53. The van der Waals surface area contributed by atoms with Crippen molar-refractivity contribution in [2.45, 2.75) is 45.2 Å². The van der Waals surface area contributed by atoms with Crippen LogP contribution in [0.4, 0.5) is 0 Å². The van der Waals surface area contributed by atoms with E-state index in [0.29, 0.717) is 37.9 Å². The van der Waals surface area contributed by atoms with Crippen LogP contribution in [-0.2, 0) is 16.0 Å². The zero-order valence-electron chi connectivity index (χ0n) is 17.4. The number of carbonyl (C=O) groups excluding carboxylic acids is 3. The highest BCUT2D eigenvalue weighted by atomic mass is 16.2. The quantitative estimate of drug-likeness (QED) is 0.763. The number of hydrogen-bond donors (Lipinski definition) is 2. The highest BCUT2D eigenvalue weighted by Gasteiger charge is 2.27. The molecule has 158 valence electrons. The van der Waals surface area contributed by atoms with E-state index >= 15 is 0 Å². The van der Waals surface area contributed by atoms with Crippen molar-refractivity contribution in [2.24, 2.45) is 0 Å². The first-order valence-corrected chi connectivity index (χ1v) is 10.2. The highest BCUT2D eigenvalue weighted by Crippen LogP contribution is 2.14. The molecular formula is C23H28N4O3. The van der Waals surface area contributed by atoms with Gasteiger partial charge in [-0.2, -0.15) is 0 Å². The summed E-state index contributed by atoms with van der Waals surface area (Å²) in [5.41, 5.74) is 2.76. The molecule has 3 rings (SSSR count). The Morgan fingerprint density at radius 3 is 2.30 bits per heavy atom. The molecule has 1 aliphatic heterocycles. The second kappa shape index (κ2) is 10.0. The fraction of sp³-hybridized carbons (Fsp3) is 0.391. The smallest absolute Gasteiger partial charge is 0.253 e. The van der Waals surface area contributed by atoms with Gasteiger partial charge in [-0.25, -0.2) is 0 Å². The van der Waals surface area contributed by atoms with Crippen molar-refractivity contribution in [3.8, 4) is 0 Å². The van der Waals surface area contributed by atoms with Gasteiger partial charge in [0.1, 0.15) is 6.04 Å². The number of amides is 3. The molecule has 3 amide bonds. The Labute approximate surface area is 176 Å². The molecule has 0 saturated carbocycles. The average Bonchev–Trinajstić information content (AvgIpc) is 2.75.